The highest BCUT2D eigenvalue weighted by atomic mass is 79.9. The van der Waals surface area contributed by atoms with E-state index in [1.54, 1.807) is 0 Å². The van der Waals surface area contributed by atoms with Crippen molar-refractivity contribution in [3.05, 3.63) is 69.2 Å². The molecule has 24 heavy (non-hydrogen) atoms. The summed E-state index contributed by atoms with van der Waals surface area (Å²) >= 11 is 9.41. The van der Waals surface area contributed by atoms with E-state index in [0.717, 1.165) is 47.9 Å². The van der Waals surface area contributed by atoms with Gasteiger partial charge in [-0.15, -0.1) is 0 Å². The number of hydrogen-bond acceptors (Lipinski definition) is 3. The fourth-order valence-electron chi connectivity index (χ4n) is 2.80. The molecule has 1 saturated heterocycles. The molecule has 0 unspecified atom stereocenters. The lowest BCUT2D eigenvalue weighted by Gasteiger charge is -2.33. The van der Waals surface area contributed by atoms with Crippen LogP contribution in [0.15, 0.2) is 58.1 Å². The number of benzene rings is 2. The van der Waals surface area contributed by atoms with E-state index in [-0.39, 0.29) is 0 Å². The maximum atomic E-state index is 5.94. The molecule has 0 aromatic heterocycles. The van der Waals surface area contributed by atoms with Crippen molar-refractivity contribution in [2.45, 2.75) is 13.5 Å². The Morgan fingerprint density at radius 1 is 1.00 bits per heavy atom. The second-order valence-electron chi connectivity index (χ2n) is 6.05. The van der Waals surface area contributed by atoms with Crippen LogP contribution in [-0.2, 0) is 6.54 Å². The second kappa shape index (κ2) is 8.15. The van der Waals surface area contributed by atoms with Crippen molar-refractivity contribution in [1.82, 2.24) is 9.91 Å². The monoisotopic (exact) mass is 405 g/mol. The smallest absolute Gasteiger partial charge is 0.0646 e. The molecule has 0 aliphatic carbocycles. The molecule has 1 heterocycles. The zero-order valence-corrected chi connectivity index (χ0v) is 16.1. The molecule has 2 aromatic carbocycles. The van der Waals surface area contributed by atoms with Crippen LogP contribution in [0.1, 0.15) is 18.1 Å². The van der Waals surface area contributed by atoms with Crippen LogP contribution >= 0.6 is 27.5 Å². The van der Waals surface area contributed by atoms with Gasteiger partial charge in [0, 0.05) is 42.2 Å². The van der Waals surface area contributed by atoms with E-state index in [9.17, 15) is 0 Å². The van der Waals surface area contributed by atoms with Gasteiger partial charge in [-0.2, -0.15) is 5.10 Å². The van der Waals surface area contributed by atoms with E-state index in [1.807, 2.05) is 12.1 Å². The number of nitrogens with zero attached hydrogens (tertiary/aromatic N) is 3. The van der Waals surface area contributed by atoms with Crippen molar-refractivity contribution in [3.8, 4) is 0 Å². The molecule has 0 spiro atoms. The second-order valence-corrected chi connectivity index (χ2v) is 7.40. The van der Waals surface area contributed by atoms with Gasteiger partial charge in [0.2, 0.25) is 0 Å². The SMILES string of the molecule is C/C(=N\N1CCN(Cc2ccc(Cl)cc2)CC1)c1ccc(Br)cc1. The number of piperazine rings is 1. The van der Waals surface area contributed by atoms with Crippen LogP contribution in [0, 0.1) is 0 Å². The third-order valence-corrected chi connectivity index (χ3v) is 5.00. The van der Waals surface area contributed by atoms with Gasteiger partial charge in [0.15, 0.2) is 0 Å². The third kappa shape index (κ3) is 4.82. The summed E-state index contributed by atoms with van der Waals surface area (Å²) in [6.07, 6.45) is 0. The van der Waals surface area contributed by atoms with E-state index < -0.39 is 0 Å². The van der Waals surface area contributed by atoms with Gasteiger partial charge in [-0.1, -0.05) is 51.8 Å². The average Bonchev–Trinajstić information content (AvgIpc) is 2.59. The number of hydrogen-bond donors (Lipinski definition) is 0. The molecule has 0 N–H and O–H groups in total. The molecular formula is C19H21BrClN3. The summed E-state index contributed by atoms with van der Waals surface area (Å²) in [6, 6.07) is 16.4. The van der Waals surface area contributed by atoms with E-state index in [0.29, 0.717) is 0 Å². The molecule has 1 aliphatic rings. The number of rotatable bonds is 4. The lowest BCUT2D eigenvalue weighted by molar-refractivity contribution is 0.130. The van der Waals surface area contributed by atoms with E-state index in [4.69, 9.17) is 16.7 Å². The molecule has 3 nitrogen and oxygen atoms in total. The molecule has 1 aliphatic heterocycles. The van der Waals surface area contributed by atoms with Crippen molar-refractivity contribution < 1.29 is 0 Å². The van der Waals surface area contributed by atoms with Crippen molar-refractivity contribution in [2.75, 3.05) is 26.2 Å². The summed E-state index contributed by atoms with van der Waals surface area (Å²) in [4.78, 5) is 2.46. The Balaban J connectivity index is 1.53. The molecule has 1 fully saturated rings. The lowest BCUT2D eigenvalue weighted by Crippen LogP contribution is -2.43. The minimum atomic E-state index is 0.793. The van der Waals surface area contributed by atoms with Gasteiger partial charge in [0.25, 0.3) is 0 Å². The van der Waals surface area contributed by atoms with Crippen LogP contribution in [0.25, 0.3) is 0 Å². The molecular weight excluding hydrogens is 386 g/mol. The maximum Gasteiger partial charge on any atom is 0.0646 e. The maximum absolute atomic E-state index is 5.94. The fraction of sp³-hybridized carbons (Fsp3) is 0.316. The minimum Gasteiger partial charge on any atom is -0.295 e. The predicted molar refractivity (Wildman–Crippen MR) is 105 cm³/mol. The molecule has 0 saturated carbocycles. The zero-order chi connectivity index (χ0) is 16.9. The van der Waals surface area contributed by atoms with E-state index >= 15 is 0 Å². The summed E-state index contributed by atoms with van der Waals surface area (Å²) in [6.45, 7) is 7.02. The number of hydrazone groups is 1. The minimum absolute atomic E-state index is 0.793. The zero-order valence-electron chi connectivity index (χ0n) is 13.8. The molecule has 0 radical (unpaired) electrons. The summed E-state index contributed by atoms with van der Waals surface area (Å²) in [5.74, 6) is 0. The molecule has 126 valence electrons. The third-order valence-electron chi connectivity index (χ3n) is 4.22. The van der Waals surface area contributed by atoms with Crippen LogP contribution in [0.5, 0.6) is 0 Å². The quantitative estimate of drug-likeness (QED) is 0.689. The van der Waals surface area contributed by atoms with Crippen molar-refractivity contribution in [1.29, 1.82) is 0 Å². The Labute approximate surface area is 157 Å². The van der Waals surface area contributed by atoms with Crippen LogP contribution in [0.3, 0.4) is 0 Å². The van der Waals surface area contributed by atoms with Crippen LogP contribution in [-0.4, -0.2) is 41.8 Å². The Kier molecular flexibility index (Phi) is 5.93. The standard InChI is InChI=1S/C19H21BrClN3/c1-15(17-4-6-18(20)7-5-17)22-24-12-10-23(11-13-24)14-16-2-8-19(21)9-3-16/h2-9H,10-14H2,1H3/b22-15+. The largest absolute Gasteiger partial charge is 0.295 e. The summed E-state index contributed by atoms with van der Waals surface area (Å²) in [5.41, 5.74) is 3.54. The Bertz CT molecular complexity index is 690. The van der Waals surface area contributed by atoms with Gasteiger partial charge in [-0.25, -0.2) is 0 Å². The van der Waals surface area contributed by atoms with E-state index in [1.165, 1.54) is 11.1 Å². The highest BCUT2D eigenvalue weighted by molar-refractivity contribution is 9.10. The lowest BCUT2D eigenvalue weighted by atomic mass is 10.1. The Morgan fingerprint density at radius 2 is 1.62 bits per heavy atom. The van der Waals surface area contributed by atoms with Crippen molar-refractivity contribution in [2.24, 2.45) is 5.10 Å². The van der Waals surface area contributed by atoms with Gasteiger partial charge in [-0.3, -0.25) is 9.91 Å². The molecule has 2 aromatic rings. The molecule has 0 bridgehead atoms. The van der Waals surface area contributed by atoms with Gasteiger partial charge in [0.05, 0.1) is 5.71 Å². The highest BCUT2D eigenvalue weighted by Crippen LogP contribution is 2.14. The fourth-order valence-corrected chi connectivity index (χ4v) is 3.19. The van der Waals surface area contributed by atoms with Gasteiger partial charge in [0.1, 0.15) is 0 Å². The van der Waals surface area contributed by atoms with Crippen LogP contribution in [0.4, 0.5) is 0 Å². The Morgan fingerprint density at radius 3 is 2.25 bits per heavy atom. The van der Waals surface area contributed by atoms with Gasteiger partial charge in [-0.05, 0) is 42.3 Å². The molecule has 3 rings (SSSR count). The number of halogens is 2. The Hall–Kier alpha value is -1.36. The van der Waals surface area contributed by atoms with Crippen LogP contribution in [0.2, 0.25) is 5.02 Å². The summed E-state index contributed by atoms with van der Waals surface area (Å²) < 4.78 is 1.09. The van der Waals surface area contributed by atoms with Gasteiger partial charge >= 0.3 is 0 Å². The normalized spacial score (nSPS) is 16.5. The first-order valence-corrected chi connectivity index (χ1v) is 9.30. The van der Waals surface area contributed by atoms with Crippen LogP contribution < -0.4 is 0 Å². The first kappa shape index (κ1) is 17.5. The summed E-state index contributed by atoms with van der Waals surface area (Å²) in [7, 11) is 0. The highest BCUT2D eigenvalue weighted by Gasteiger charge is 2.16. The first-order valence-electron chi connectivity index (χ1n) is 8.13. The first-order chi connectivity index (χ1) is 11.6. The molecule has 0 amide bonds. The van der Waals surface area contributed by atoms with Crippen molar-refractivity contribution >= 4 is 33.2 Å². The molecule has 5 heteroatoms. The topological polar surface area (TPSA) is 18.8 Å². The van der Waals surface area contributed by atoms with Crippen molar-refractivity contribution in [3.63, 3.8) is 0 Å². The summed E-state index contributed by atoms with van der Waals surface area (Å²) in [5, 5.41) is 7.75. The molecule has 0 atom stereocenters. The van der Waals surface area contributed by atoms with E-state index in [2.05, 4.69) is 69.2 Å². The average molecular weight is 407 g/mol. The predicted octanol–water partition coefficient (Wildman–Crippen LogP) is 4.64. The van der Waals surface area contributed by atoms with Gasteiger partial charge < -0.3 is 0 Å².